The quantitative estimate of drug-likeness (QED) is 0.841. The summed E-state index contributed by atoms with van der Waals surface area (Å²) in [5.74, 6) is 0.369. The molecule has 1 N–H and O–H groups in total. The maximum Gasteiger partial charge on any atom is 0.246 e. The van der Waals surface area contributed by atoms with Crippen molar-refractivity contribution in [1.82, 2.24) is 10.2 Å². The van der Waals surface area contributed by atoms with Gasteiger partial charge in [0.05, 0.1) is 12.2 Å². The minimum Gasteiger partial charge on any atom is -0.373 e. The molecule has 0 aromatic heterocycles. The normalized spacial score (nSPS) is 37.1. The summed E-state index contributed by atoms with van der Waals surface area (Å²) in [4.78, 5) is 26.7. The van der Waals surface area contributed by atoms with Gasteiger partial charge < -0.3 is 15.0 Å². The van der Waals surface area contributed by atoms with E-state index in [1.807, 2.05) is 13.8 Å². The molecule has 2 aliphatic heterocycles. The van der Waals surface area contributed by atoms with Gasteiger partial charge in [0.15, 0.2) is 0 Å². The first-order valence-corrected chi connectivity index (χ1v) is 7.67. The van der Waals surface area contributed by atoms with Crippen LogP contribution in [0.1, 0.15) is 46.5 Å². The molecule has 2 saturated heterocycles. The second kappa shape index (κ2) is 4.72. The van der Waals surface area contributed by atoms with E-state index in [0.717, 1.165) is 25.7 Å². The number of hydrogen-bond acceptors (Lipinski definition) is 3. The topological polar surface area (TPSA) is 58.6 Å². The number of hydrogen-bond donors (Lipinski definition) is 1. The fourth-order valence-electron chi connectivity index (χ4n) is 3.24. The fraction of sp³-hybridized carbons (Fsp3) is 0.867. The van der Waals surface area contributed by atoms with Gasteiger partial charge in [-0.1, -0.05) is 0 Å². The van der Waals surface area contributed by atoms with E-state index in [-0.39, 0.29) is 30.1 Å². The molecule has 0 radical (unpaired) electrons. The molecule has 1 aliphatic carbocycles. The summed E-state index contributed by atoms with van der Waals surface area (Å²) in [6.45, 7) is 6.24. The van der Waals surface area contributed by atoms with Crippen molar-refractivity contribution < 1.29 is 14.3 Å². The van der Waals surface area contributed by atoms with Crippen LogP contribution in [-0.2, 0) is 14.3 Å². The zero-order valence-corrected chi connectivity index (χ0v) is 12.5. The van der Waals surface area contributed by atoms with Gasteiger partial charge in [-0.2, -0.15) is 0 Å². The molecule has 0 bridgehead atoms. The number of nitrogens with one attached hydrogen (secondary N) is 1. The number of piperazine rings is 1. The second-order valence-corrected chi connectivity index (χ2v) is 6.94. The van der Waals surface area contributed by atoms with Gasteiger partial charge in [0.1, 0.15) is 11.6 Å². The molecule has 3 atom stereocenters. The first-order chi connectivity index (χ1) is 9.39. The lowest BCUT2D eigenvalue weighted by Gasteiger charge is -2.45. The van der Waals surface area contributed by atoms with Crippen LogP contribution in [0.2, 0.25) is 0 Å². The Balaban J connectivity index is 1.76. The van der Waals surface area contributed by atoms with Crippen LogP contribution in [-0.4, -0.2) is 47.0 Å². The van der Waals surface area contributed by atoms with Crippen molar-refractivity contribution in [3.8, 4) is 0 Å². The summed E-state index contributed by atoms with van der Waals surface area (Å²) in [5.41, 5.74) is -0.780. The third-order valence-corrected chi connectivity index (χ3v) is 4.85. The van der Waals surface area contributed by atoms with Crippen LogP contribution in [0.25, 0.3) is 0 Å². The van der Waals surface area contributed by atoms with Gasteiger partial charge >= 0.3 is 0 Å². The molecule has 3 unspecified atom stereocenters. The van der Waals surface area contributed by atoms with E-state index in [9.17, 15) is 9.59 Å². The number of amides is 2. The van der Waals surface area contributed by atoms with Crippen molar-refractivity contribution >= 4 is 11.8 Å². The summed E-state index contributed by atoms with van der Waals surface area (Å²) < 4.78 is 5.83. The molecule has 3 rings (SSSR count). The summed E-state index contributed by atoms with van der Waals surface area (Å²) in [6.07, 6.45) is 4.42. The Labute approximate surface area is 120 Å². The largest absolute Gasteiger partial charge is 0.373 e. The van der Waals surface area contributed by atoms with E-state index in [2.05, 4.69) is 12.2 Å². The van der Waals surface area contributed by atoms with Crippen LogP contribution >= 0.6 is 0 Å². The molecule has 0 aromatic carbocycles. The Bertz CT molecular complexity index is 431. The van der Waals surface area contributed by atoms with Gasteiger partial charge in [-0.25, -0.2) is 0 Å². The zero-order valence-electron chi connectivity index (χ0n) is 12.5. The Morgan fingerprint density at radius 1 is 1.25 bits per heavy atom. The first kappa shape index (κ1) is 13.9. The predicted octanol–water partition coefficient (Wildman–Crippen LogP) is 1.07. The van der Waals surface area contributed by atoms with Gasteiger partial charge in [0.25, 0.3) is 0 Å². The van der Waals surface area contributed by atoms with E-state index >= 15 is 0 Å². The smallest absolute Gasteiger partial charge is 0.246 e. The highest BCUT2D eigenvalue weighted by atomic mass is 16.5. The van der Waals surface area contributed by atoms with Crippen LogP contribution < -0.4 is 5.32 Å². The van der Waals surface area contributed by atoms with E-state index in [1.54, 1.807) is 4.90 Å². The molecule has 5 heteroatoms. The van der Waals surface area contributed by atoms with Gasteiger partial charge in [0.2, 0.25) is 11.8 Å². The SMILES string of the molecule is CC1CCC(CN2C(=O)C(C3CC3)NC(=O)C2(C)C)O1. The minimum absolute atomic E-state index is 0.0416. The highest BCUT2D eigenvalue weighted by Crippen LogP contribution is 2.37. The fourth-order valence-corrected chi connectivity index (χ4v) is 3.24. The highest BCUT2D eigenvalue weighted by Gasteiger charge is 2.51. The Morgan fingerprint density at radius 3 is 2.50 bits per heavy atom. The Morgan fingerprint density at radius 2 is 1.95 bits per heavy atom. The average molecular weight is 280 g/mol. The van der Waals surface area contributed by atoms with Crippen molar-refractivity contribution in [3.05, 3.63) is 0 Å². The number of ether oxygens (including phenoxy) is 1. The monoisotopic (exact) mass is 280 g/mol. The molecule has 20 heavy (non-hydrogen) atoms. The summed E-state index contributed by atoms with van der Waals surface area (Å²) in [5, 5.41) is 2.91. The molecule has 0 spiro atoms. The molecule has 3 aliphatic rings. The van der Waals surface area contributed by atoms with Crippen molar-refractivity contribution in [2.75, 3.05) is 6.54 Å². The zero-order chi connectivity index (χ0) is 14.5. The van der Waals surface area contributed by atoms with Gasteiger partial charge in [0, 0.05) is 6.54 Å². The lowest BCUT2D eigenvalue weighted by Crippen LogP contribution is -2.69. The maximum atomic E-state index is 12.7. The Hall–Kier alpha value is -1.10. The van der Waals surface area contributed by atoms with Crippen molar-refractivity contribution in [2.45, 2.75) is 70.2 Å². The standard InChI is InChI=1S/C15H24N2O3/c1-9-4-7-11(20-9)8-17-13(18)12(10-5-6-10)16-14(19)15(17,2)3/h9-12H,4-8H2,1-3H3,(H,16,19). The minimum atomic E-state index is -0.780. The highest BCUT2D eigenvalue weighted by molar-refractivity contribution is 5.99. The molecule has 2 heterocycles. The third kappa shape index (κ3) is 2.32. The first-order valence-electron chi connectivity index (χ1n) is 7.67. The van der Waals surface area contributed by atoms with Crippen LogP contribution in [0.5, 0.6) is 0 Å². The summed E-state index contributed by atoms with van der Waals surface area (Å²) in [6, 6.07) is -0.311. The molecule has 1 saturated carbocycles. The van der Waals surface area contributed by atoms with Crippen LogP contribution in [0, 0.1) is 5.92 Å². The van der Waals surface area contributed by atoms with E-state index in [4.69, 9.17) is 4.74 Å². The molecule has 2 amide bonds. The Kier molecular flexibility index (Phi) is 3.27. The van der Waals surface area contributed by atoms with Crippen molar-refractivity contribution in [1.29, 1.82) is 0 Å². The average Bonchev–Trinajstić information content (AvgIpc) is 3.13. The van der Waals surface area contributed by atoms with Gasteiger partial charge in [-0.3, -0.25) is 9.59 Å². The van der Waals surface area contributed by atoms with Crippen molar-refractivity contribution in [2.24, 2.45) is 5.92 Å². The summed E-state index contributed by atoms with van der Waals surface area (Å²) >= 11 is 0. The molecular formula is C15H24N2O3. The van der Waals surface area contributed by atoms with Crippen LogP contribution in [0.4, 0.5) is 0 Å². The second-order valence-electron chi connectivity index (χ2n) is 6.94. The molecule has 112 valence electrons. The molecule has 3 fully saturated rings. The van der Waals surface area contributed by atoms with Gasteiger partial charge in [-0.05, 0) is 52.4 Å². The van der Waals surface area contributed by atoms with Crippen molar-refractivity contribution in [3.63, 3.8) is 0 Å². The van der Waals surface area contributed by atoms with E-state index in [1.165, 1.54) is 0 Å². The maximum absolute atomic E-state index is 12.7. The lowest BCUT2D eigenvalue weighted by molar-refractivity contribution is -0.158. The molecular weight excluding hydrogens is 256 g/mol. The van der Waals surface area contributed by atoms with Gasteiger partial charge in [-0.15, -0.1) is 0 Å². The molecule has 0 aromatic rings. The van der Waals surface area contributed by atoms with E-state index < -0.39 is 5.54 Å². The van der Waals surface area contributed by atoms with Crippen LogP contribution in [0.3, 0.4) is 0 Å². The van der Waals surface area contributed by atoms with Crippen LogP contribution in [0.15, 0.2) is 0 Å². The molecule has 5 nitrogen and oxygen atoms in total. The number of carbonyl (C=O) groups excluding carboxylic acids is 2. The number of rotatable bonds is 3. The number of nitrogens with zero attached hydrogens (tertiary/aromatic N) is 1. The summed E-state index contributed by atoms with van der Waals surface area (Å²) in [7, 11) is 0. The lowest BCUT2D eigenvalue weighted by atomic mass is 9.93. The van der Waals surface area contributed by atoms with E-state index in [0.29, 0.717) is 12.5 Å². The predicted molar refractivity (Wildman–Crippen MR) is 74.0 cm³/mol. The number of carbonyl (C=O) groups is 2. The third-order valence-electron chi connectivity index (χ3n) is 4.85.